The Hall–Kier alpha value is -2.48. The summed E-state index contributed by atoms with van der Waals surface area (Å²) in [6.45, 7) is 1.81. The van der Waals surface area contributed by atoms with Gasteiger partial charge in [0.25, 0.3) is 11.5 Å². The van der Waals surface area contributed by atoms with E-state index in [0.717, 1.165) is 19.9 Å². The van der Waals surface area contributed by atoms with E-state index in [1.807, 2.05) is 0 Å². The first-order valence-corrected chi connectivity index (χ1v) is 7.91. The van der Waals surface area contributed by atoms with Crippen LogP contribution in [0.25, 0.3) is 0 Å². The zero-order valence-corrected chi connectivity index (χ0v) is 13.7. The number of aromatic amines is 1. The quantitative estimate of drug-likeness (QED) is 0.787. The molecular formula is C17H20F2N2O4. The lowest BCUT2D eigenvalue weighted by Gasteiger charge is -2.29. The van der Waals surface area contributed by atoms with Gasteiger partial charge >= 0.3 is 0 Å². The lowest BCUT2D eigenvalue weighted by atomic mass is 9.87. The summed E-state index contributed by atoms with van der Waals surface area (Å²) in [5, 5.41) is 13.0. The van der Waals surface area contributed by atoms with Gasteiger partial charge in [-0.1, -0.05) is 6.07 Å². The molecule has 0 saturated carbocycles. The number of hydrogen-bond acceptors (Lipinski definition) is 4. The molecule has 2 heterocycles. The Bertz CT molecular complexity index is 748. The molecule has 0 unspecified atom stereocenters. The molecule has 1 aliphatic heterocycles. The normalized spacial score (nSPS) is 19.8. The van der Waals surface area contributed by atoms with Crippen molar-refractivity contribution in [3.8, 4) is 0 Å². The van der Waals surface area contributed by atoms with Gasteiger partial charge in [0.15, 0.2) is 0 Å². The standard InChI is InChI=1S/C15H16F2N2O2.C2H4O2/c16-12-2-1-3-13(17)11(12)7-10-6-9(4-5-18-10)14-8-15(20)19-21-14;1-2(3)4/h1-3,8-10,18H,4-7H2,(H,19,20);1H3,(H,3,4)/t9-,10+;/m0./s1. The van der Waals surface area contributed by atoms with Crippen molar-refractivity contribution in [2.45, 2.75) is 38.1 Å². The van der Waals surface area contributed by atoms with Gasteiger partial charge in [0.2, 0.25) is 0 Å². The summed E-state index contributed by atoms with van der Waals surface area (Å²) in [6.07, 6.45) is 1.79. The summed E-state index contributed by atoms with van der Waals surface area (Å²) < 4.78 is 32.5. The summed E-state index contributed by atoms with van der Waals surface area (Å²) in [6, 6.07) is 5.29. The topological polar surface area (TPSA) is 95.3 Å². The Balaban J connectivity index is 0.000000511. The number of carbonyl (C=O) groups is 1. The van der Waals surface area contributed by atoms with Gasteiger partial charge in [-0.25, -0.2) is 8.78 Å². The number of piperidine rings is 1. The van der Waals surface area contributed by atoms with E-state index in [1.165, 1.54) is 24.3 Å². The van der Waals surface area contributed by atoms with Crippen molar-refractivity contribution in [2.24, 2.45) is 0 Å². The van der Waals surface area contributed by atoms with Crippen LogP contribution in [-0.4, -0.2) is 28.8 Å². The number of aliphatic carboxylic acids is 1. The van der Waals surface area contributed by atoms with Crippen molar-refractivity contribution >= 4 is 5.97 Å². The number of H-pyrrole nitrogens is 1. The molecule has 1 aromatic carbocycles. The fraction of sp³-hybridized carbons (Fsp3) is 0.412. The number of carboxylic acids is 1. The number of rotatable bonds is 3. The Labute approximate surface area is 142 Å². The van der Waals surface area contributed by atoms with Gasteiger partial charge in [-0.2, -0.15) is 5.16 Å². The average Bonchev–Trinajstić information content (AvgIpc) is 2.97. The maximum absolute atomic E-state index is 13.7. The smallest absolute Gasteiger partial charge is 0.300 e. The largest absolute Gasteiger partial charge is 0.481 e. The van der Waals surface area contributed by atoms with Crippen molar-refractivity contribution in [3.63, 3.8) is 0 Å². The number of aromatic nitrogens is 1. The second-order valence-electron chi connectivity index (χ2n) is 5.91. The minimum Gasteiger partial charge on any atom is -0.481 e. The van der Waals surface area contributed by atoms with Gasteiger partial charge in [0, 0.05) is 30.5 Å². The summed E-state index contributed by atoms with van der Waals surface area (Å²) in [7, 11) is 0. The van der Waals surface area contributed by atoms with Crippen molar-refractivity contribution in [3.05, 3.63) is 57.6 Å². The highest BCUT2D eigenvalue weighted by atomic mass is 19.1. The van der Waals surface area contributed by atoms with Crippen LogP contribution >= 0.6 is 0 Å². The molecule has 0 spiro atoms. The van der Waals surface area contributed by atoms with E-state index in [1.54, 1.807) is 0 Å². The van der Waals surface area contributed by atoms with Gasteiger partial charge in [-0.15, -0.1) is 0 Å². The van der Waals surface area contributed by atoms with Crippen LogP contribution in [0, 0.1) is 11.6 Å². The van der Waals surface area contributed by atoms with Crippen LogP contribution in [0.1, 0.15) is 37.0 Å². The predicted molar refractivity (Wildman–Crippen MR) is 86.5 cm³/mol. The van der Waals surface area contributed by atoms with E-state index in [2.05, 4.69) is 10.5 Å². The second-order valence-corrected chi connectivity index (χ2v) is 5.91. The van der Waals surface area contributed by atoms with Crippen LogP contribution in [0.4, 0.5) is 8.78 Å². The third-order valence-corrected chi connectivity index (χ3v) is 3.95. The molecule has 0 radical (unpaired) electrons. The molecule has 1 fully saturated rings. The first kappa shape index (κ1) is 18.9. The molecule has 3 rings (SSSR count). The van der Waals surface area contributed by atoms with Crippen molar-refractivity contribution in [1.82, 2.24) is 10.5 Å². The van der Waals surface area contributed by atoms with E-state index >= 15 is 0 Å². The highest BCUT2D eigenvalue weighted by Gasteiger charge is 2.27. The van der Waals surface area contributed by atoms with E-state index in [0.29, 0.717) is 12.2 Å². The van der Waals surface area contributed by atoms with E-state index in [-0.39, 0.29) is 29.5 Å². The fourth-order valence-electron chi connectivity index (χ4n) is 2.89. The number of halogens is 2. The summed E-state index contributed by atoms with van der Waals surface area (Å²) in [5.41, 5.74) is -0.161. The molecule has 0 bridgehead atoms. The zero-order chi connectivity index (χ0) is 18.4. The van der Waals surface area contributed by atoms with E-state index in [9.17, 15) is 13.6 Å². The highest BCUT2D eigenvalue weighted by Crippen LogP contribution is 2.28. The Morgan fingerprint density at radius 1 is 1.36 bits per heavy atom. The van der Waals surface area contributed by atoms with Crippen LogP contribution in [0.2, 0.25) is 0 Å². The Kier molecular flexibility index (Phi) is 6.46. The number of hydrogen-bond donors (Lipinski definition) is 3. The van der Waals surface area contributed by atoms with Crippen LogP contribution in [0.15, 0.2) is 33.6 Å². The molecule has 1 saturated heterocycles. The minimum atomic E-state index is -0.833. The highest BCUT2D eigenvalue weighted by molar-refractivity contribution is 5.62. The van der Waals surface area contributed by atoms with Crippen LogP contribution < -0.4 is 10.9 Å². The maximum Gasteiger partial charge on any atom is 0.300 e. The molecule has 2 atom stereocenters. The molecule has 136 valence electrons. The summed E-state index contributed by atoms with van der Waals surface area (Å²) in [4.78, 5) is 20.1. The number of carboxylic acid groups (broad SMARTS) is 1. The lowest BCUT2D eigenvalue weighted by Crippen LogP contribution is -2.39. The van der Waals surface area contributed by atoms with Crippen LogP contribution in [0.3, 0.4) is 0 Å². The average molecular weight is 354 g/mol. The third-order valence-electron chi connectivity index (χ3n) is 3.95. The monoisotopic (exact) mass is 354 g/mol. The van der Waals surface area contributed by atoms with Crippen LogP contribution in [-0.2, 0) is 11.2 Å². The number of nitrogens with one attached hydrogen (secondary N) is 2. The first-order chi connectivity index (χ1) is 11.9. The Morgan fingerprint density at radius 3 is 2.56 bits per heavy atom. The van der Waals surface area contributed by atoms with Crippen molar-refractivity contribution in [2.75, 3.05) is 6.54 Å². The van der Waals surface area contributed by atoms with Gasteiger partial charge < -0.3 is 14.9 Å². The van der Waals surface area contributed by atoms with Gasteiger partial charge in [0.1, 0.15) is 17.4 Å². The molecule has 25 heavy (non-hydrogen) atoms. The first-order valence-electron chi connectivity index (χ1n) is 7.91. The van der Waals surface area contributed by atoms with Gasteiger partial charge in [-0.3, -0.25) is 9.59 Å². The van der Waals surface area contributed by atoms with Crippen molar-refractivity contribution < 1.29 is 23.2 Å². The maximum atomic E-state index is 13.7. The number of benzene rings is 1. The molecule has 0 aliphatic carbocycles. The molecule has 8 heteroatoms. The molecule has 1 aromatic heterocycles. The van der Waals surface area contributed by atoms with Crippen molar-refractivity contribution in [1.29, 1.82) is 0 Å². The Morgan fingerprint density at radius 2 is 2.00 bits per heavy atom. The van der Waals surface area contributed by atoms with E-state index in [4.69, 9.17) is 14.4 Å². The van der Waals surface area contributed by atoms with Gasteiger partial charge in [0.05, 0.1) is 0 Å². The molecule has 2 aromatic rings. The second kappa shape index (κ2) is 8.57. The predicted octanol–water partition coefficient (Wildman–Crippen LogP) is 2.42. The SMILES string of the molecule is CC(=O)O.O=c1cc([C@H]2CCN[C@@H](Cc3c(F)cccc3F)C2)o[nH]1. The molecule has 6 nitrogen and oxygen atoms in total. The molecule has 1 aliphatic rings. The minimum absolute atomic E-state index is 0.0460. The molecule has 3 N–H and O–H groups in total. The third kappa shape index (κ3) is 5.53. The molecule has 0 amide bonds. The van der Waals surface area contributed by atoms with Gasteiger partial charge in [-0.05, 0) is 37.9 Å². The van der Waals surface area contributed by atoms with Crippen LogP contribution in [0.5, 0.6) is 0 Å². The van der Waals surface area contributed by atoms with E-state index < -0.39 is 17.6 Å². The summed E-state index contributed by atoms with van der Waals surface area (Å²) in [5.74, 6) is -1.18. The zero-order valence-electron chi connectivity index (χ0n) is 13.7. The fourth-order valence-corrected chi connectivity index (χ4v) is 2.89. The summed E-state index contributed by atoms with van der Waals surface area (Å²) >= 11 is 0. The molecular weight excluding hydrogens is 334 g/mol. The lowest BCUT2D eigenvalue weighted by molar-refractivity contribution is -0.134.